The van der Waals surface area contributed by atoms with Gasteiger partial charge in [-0.1, -0.05) is 65.7 Å². The Labute approximate surface area is 195 Å². The van der Waals surface area contributed by atoms with E-state index >= 15 is 0 Å². The molecule has 1 saturated heterocycles. The first-order valence-electron chi connectivity index (χ1n) is 12.5. The zero-order valence-electron chi connectivity index (χ0n) is 20.1. The third-order valence-corrected chi connectivity index (χ3v) is 5.84. The fourth-order valence-corrected chi connectivity index (χ4v) is 3.78. The van der Waals surface area contributed by atoms with Crippen LogP contribution < -0.4 is 0 Å². The van der Waals surface area contributed by atoms with E-state index in [-0.39, 0.29) is 18.5 Å². The summed E-state index contributed by atoms with van der Waals surface area (Å²) in [5, 5.41) is -0.512. The van der Waals surface area contributed by atoms with E-state index in [1.54, 1.807) is 4.90 Å². The number of ether oxygens (including phenoxy) is 4. The Bertz CT molecular complexity index is 422. The molecule has 1 unspecified atom stereocenters. The number of unbranched alkanes of at least 4 members (excludes halogenated alkanes) is 6. The number of carbonyl (C=O) groups is 1. The summed E-state index contributed by atoms with van der Waals surface area (Å²) in [6, 6.07) is 0. The number of hydrogen-bond acceptors (Lipinski definition) is 5. The van der Waals surface area contributed by atoms with Crippen molar-refractivity contribution in [3.63, 3.8) is 0 Å². The number of rotatable bonds is 20. The summed E-state index contributed by atoms with van der Waals surface area (Å²) in [6.45, 7) is 9.92. The van der Waals surface area contributed by atoms with Crippen molar-refractivity contribution in [2.75, 3.05) is 39.5 Å². The van der Waals surface area contributed by atoms with Crippen LogP contribution in [-0.2, 0) is 23.7 Å². The molecule has 0 aromatic heterocycles. The Morgan fingerprint density at radius 2 is 1.45 bits per heavy atom. The maximum atomic E-state index is 13.0. The van der Waals surface area contributed by atoms with E-state index in [0.29, 0.717) is 52.4 Å². The first-order valence-corrected chi connectivity index (χ1v) is 12.9. The molecule has 1 rings (SSSR count). The van der Waals surface area contributed by atoms with Gasteiger partial charge in [0.15, 0.2) is 12.6 Å². The van der Waals surface area contributed by atoms with Gasteiger partial charge in [-0.05, 0) is 19.3 Å². The molecule has 0 saturated carbocycles. The van der Waals surface area contributed by atoms with E-state index in [4.69, 9.17) is 30.5 Å². The van der Waals surface area contributed by atoms with Gasteiger partial charge in [0, 0.05) is 26.2 Å². The largest absolute Gasteiger partial charge is 0.353 e. The van der Waals surface area contributed by atoms with Gasteiger partial charge in [-0.25, -0.2) is 0 Å². The van der Waals surface area contributed by atoms with Gasteiger partial charge in [-0.3, -0.25) is 4.79 Å². The molecule has 1 aliphatic heterocycles. The molecule has 1 heterocycles. The summed E-state index contributed by atoms with van der Waals surface area (Å²) in [7, 11) is 0. The van der Waals surface area contributed by atoms with Crippen molar-refractivity contribution in [2.45, 2.75) is 109 Å². The van der Waals surface area contributed by atoms with E-state index in [1.807, 2.05) is 0 Å². The van der Waals surface area contributed by atoms with Gasteiger partial charge in [0.25, 0.3) is 0 Å². The Balaban J connectivity index is 2.61. The standard InChI is InChI=1S/C24H46ClNO5/c1-4-7-10-13-21(25)24(27)26(20-23-30-18-19-31-23)15-14-22(28-16-11-8-5-2)29-17-12-9-6-3/h21-23H,4-20H2,1-3H3. The van der Waals surface area contributed by atoms with Gasteiger partial charge in [0.2, 0.25) is 5.91 Å². The molecular weight excluding hydrogens is 418 g/mol. The average Bonchev–Trinajstić information content (AvgIpc) is 3.29. The molecular formula is C24H46ClNO5. The van der Waals surface area contributed by atoms with Crippen LogP contribution in [0.3, 0.4) is 0 Å². The second kappa shape index (κ2) is 19.1. The van der Waals surface area contributed by atoms with Crippen molar-refractivity contribution in [1.29, 1.82) is 0 Å². The molecule has 0 aromatic carbocycles. The minimum Gasteiger partial charge on any atom is -0.353 e. The zero-order valence-corrected chi connectivity index (χ0v) is 20.9. The smallest absolute Gasteiger partial charge is 0.240 e. The molecule has 1 amide bonds. The van der Waals surface area contributed by atoms with Crippen molar-refractivity contribution in [3.05, 3.63) is 0 Å². The second-order valence-electron chi connectivity index (χ2n) is 8.29. The second-order valence-corrected chi connectivity index (χ2v) is 8.82. The molecule has 0 aliphatic carbocycles. The van der Waals surface area contributed by atoms with Crippen LogP contribution >= 0.6 is 11.6 Å². The fourth-order valence-electron chi connectivity index (χ4n) is 3.49. The summed E-state index contributed by atoms with van der Waals surface area (Å²) in [5.74, 6) is -0.0485. The number of carbonyl (C=O) groups excluding carboxylic acids is 1. The van der Waals surface area contributed by atoms with E-state index in [1.165, 1.54) is 0 Å². The third kappa shape index (κ3) is 13.7. The van der Waals surface area contributed by atoms with E-state index in [0.717, 1.165) is 57.8 Å². The molecule has 1 fully saturated rings. The molecule has 184 valence electrons. The minimum atomic E-state index is -0.512. The Morgan fingerprint density at radius 3 is 2.00 bits per heavy atom. The lowest BCUT2D eigenvalue weighted by atomic mass is 10.1. The van der Waals surface area contributed by atoms with Crippen LogP contribution in [0.4, 0.5) is 0 Å². The number of alkyl halides is 1. The van der Waals surface area contributed by atoms with Crippen LogP contribution in [-0.4, -0.2) is 68.3 Å². The Morgan fingerprint density at radius 1 is 0.903 bits per heavy atom. The molecule has 0 N–H and O–H groups in total. The summed E-state index contributed by atoms with van der Waals surface area (Å²) >= 11 is 6.46. The van der Waals surface area contributed by atoms with Crippen molar-refractivity contribution in [1.82, 2.24) is 4.90 Å². The summed E-state index contributed by atoms with van der Waals surface area (Å²) in [5.41, 5.74) is 0. The summed E-state index contributed by atoms with van der Waals surface area (Å²) in [6.07, 6.45) is 10.5. The molecule has 1 aliphatic rings. The molecule has 31 heavy (non-hydrogen) atoms. The average molecular weight is 464 g/mol. The summed E-state index contributed by atoms with van der Waals surface area (Å²) < 4.78 is 23.2. The molecule has 0 aromatic rings. The highest BCUT2D eigenvalue weighted by atomic mass is 35.5. The Kier molecular flexibility index (Phi) is 17.6. The summed E-state index contributed by atoms with van der Waals surface area (Å²) in [4.78, 5) is 14.8. The van der Waals surface area contributed by atoms with Gasteiger partial charge in [0.1, 0.15) is 5.38 Å². The Hall–Kier alpha value is -0.400. The van der Waals surface area contributed by atoms with Crippen LogP contribution in [0.2, 0.25) is 0 Å². The number of amides is 1. The van der Waals surface area contributed by atoms with E-state index in [9.17, 15) is 4.79 Å². The SMILES string of the molecule is CCCCCOC(CCN(CC1OCCO1)C(=O)C(Cl)CCCCC)OCCCCC. The third-order valence-electron chi connectivity index (χ3n) is 5.44. The van der Waals surface area contributed by atoms with Crippen molar-refractivity contribution in [3.8, 4) is 0 Å². The maximum Gasteiger partial charge on any atom is 0.240 e. The predicted molar refractivity (Wildman–Crippen MR) is 125 cm³/mol. The zero-order chi connectivity index (χ0) is 22.7. The van der Waals surface area contributed by atoms with Crippen LogP contribution in [0.1, 0.15) is 91.4 Å². The highest BCUT2D eigenvalue weighted by Gasteiger charge is 2.28. The quantitative estimate of drug-likeness (QED) is 0.135. The molecule has 0 radical (unpaired) electrons. The van der Waals surface area contributed by atoms with Gasteiger partial charge in [-0.15, -0.1) is 11.6 Å². The van der Waals surface area contributed by atoms with Crippen molar-refractivity contribution < 1.29 is 23.7 Å². The topological polar surface area (TPSA) is 57.2 Å². The van der Waals surface area contributed by atoms with Gasteiger partial charge in [-0.2, -0.15) is 0 Å². The number of nitrogens with zero attached hydrogens (tertiary/aromatic N) is 1. The molecule has 7 heteroatoms. The van der Waals surface area contributed by atoms with Crippen molar-refractivity contribution >= 4 is 17.5 Å². The molecule has 0 spiro atoms. The predicted octanol–water partition coefficient (Wildman–Crippen LogP) is 5.51. The van der Waals surface area contributed by atoms with Gasteiger partial charge < -0.3 is 23.8 Å². The first kappa shape index (κ1) is 28.6. The van der Waals surface area contributed by atoms with Crippen LogP contribution in [0.25, 0.3) is 0 Å². The van der Waals surface area contributed by atoms with E-state index < -0.39 is 5.38 Å². The first-order chi connectivity index (χ1) is 15.1. The van der Waals surface area contributed by atoms with Crippen LogP contribution in [0, 0.1) is 0 Å². The normalized spacial score (nSPS) is 15.6. The van der Waals surface area contributed by atoms with Gasteiger partial charge >= 0.3 is 0 Å². The molecule has 1 atom stereocenters. The van der Waals surface area contributed by atoms with Gasteiger partial charge in [0.05, 0.1) is 19.8 Å². The van der Waals surface area contributed by atoms with Crippen LogP contribution in [0.5, 0.6) is 0 Å². The van der Waals surface area contributed by atoms with E-state index in [2.05, 4.69) is 20.8 Å². The van der Waals surface area contributed by atoms with Crippen LogP contribution in [0.15, 0.2) is 0 Å². The lowest BCUT2D eigenvalue weighted by Gasteiger charge is -2.29. The monoisotopic (exact) mass is 463 g/mol. The molecule has 6 nitrogen and oxygen atoms in total. The van der Waals surface area contributed by atoms with Crippen molar-refractivity contribution in [2.24, 2.45) is 0 Å². The lowest BCUT2D eigenvalue weighted by molar-refractivity contribution is -0.155. The highest BCUT2D eigenvalue weighted by molar-refractivity contribution is 6.30. The lowest BCUT2D eigenvalue weighted by Crippen LogP contribution is -2.43. The minimum absolute atomic E-state index is 0.0485. The number of halogens is 1. The highest BCUT2D eigenvalue weighted by Crippen LogP contribution is 2.16. The molecule has 0 bridgehead atoms. The maximum absolute atomic E-state index is 13.0. The number of hydrogen-bond donors (Lipinski definition) is 0. The fraction of sp³-hybridized carbons (Fsp3) is 0.958.